The Morgan fingerprint density at radius 3 is 1.27 bits per heavy atom. The number of carbonyl (C=O) groups is 11. The maximum absolute atomic E-state index is 12.7. The number of alkyl carbamates (subject to hydrolysis) is 3. The van der Waals surface area contributed by atoms with Crippen LogP contribution in [0.5, 0.6) is 0 Å². The predicted molar refractivity (Wildman–Crippen MR) is 496 cm³/mol. The Hall–Kier alpha value is -10.2. The van der Waals surface area contributed by atoms with E-state index in [4.69, 9.17) is 58.6 Å². The topological polar surface area (TPSA) is 433 Å². The fraction of sp³-hybridized carbons (Fsp3) is 0.670. The summed E-state index contributed by atoms with van der Waals surface area (Å²) in [5.41, 5.74) is 18.0. The smallest absolute Gasteiger partial charge is 0.407 e. The van der Waals surface area contributed by atoms with Crippen LogP contribution in [0.3, 0.4) is 0 Å². The minimum absolute atomic E-state index is 0.00506. The maximum atomic E-state index is 12.7. The molecule has 730 valence electrons. The lowest BCUT2D eigenvalue weighted by Crippen LogP contribution is -2.51. The van der Waals surface area contributed by atoms with Gasteiger partial charge in [-0.1, -0.05) is 73.2 Å². The maximum Gasteiger partial charge on any atom is 0.407 e. The van der Waals surface area contributed by atoms with Crippen molar-refractivity contribution in [3.05, 3.63) is 111 Å². The number of fused-ring (bicyclic) bond motifs is 13. The molecule has 14 fully saturated rings. The van der Waals surface area contributed by atoms with E-state index in [2.05, 4.69) is 87.6 Å². The van der Waals surface area contributed by atoms with Crippen molar-refractivity contribution in [3.63, 3.8) is 0 Å². The van der Waals surface area contributed by atoms with Crippen LogP contribution in [-0.4, -0.2) is 174 Å². The number of hydrogen-bond donors (Lipinski definition) is 5. The SMILES string of the molecule is CCC(=O)OCl.CCOC(=O)N[C@@H]1CC[C@@H]2[C@@H](C1)C[C@H]1C(=O)O[C@H](C)[C@H]1[C@H]2C(=O)O.CCOC(=O)N[C@@H]1CC[C@@H]2[C@@H](C1)C[C@H]1C(=O)O[C@H](C)[C@H]1[C@H]2C1=Nc2ccccc2C1.CCOC(=O)N[C@@H]1CC[C@@H]2[C@@H](C1)C[C@H]1C(=O)O[C@H](C)[C@H]1[C@H]2C=O.C[C@H]1OC(=O)[C@@H]2C=C3C[C@H]([N+](=O)[O-])CC[C@H]3[C@H](C3=Nc4ccccc4C3)[C@H]12.C[C@H]1OC(=O)[C@@H]2C[C@@H]3C[C@H](N)CC[C@H]3[C@H](C3=Nc4ccccc4C3)[C@H]12. The first-order chi connectivity index (χ1) is 65.0. The number of ether oxygens (including phenoxy) is 8. The summed E-state index contributed by atoms with van der Waals surface area (Å²) in [6.45, 7) is 17.9. The monoisotopic (exact) mass is 1880 g/mol. The number of rotatable bonds is 13. The number of aldehydes is 1. The fourth-order valence-electron chi connectivity index (χ4n) is 28.5. The summed E-state index contributed by atoms with van der Waals surface area (Å²) >= 11 is 4.60. The molecule has 9 saturated carbocycles. The molecule has 0 radical (unpaired) electrons. The van der Waals surface area contributed by atoms with Gasteiger partial charge in [0.05, 0.1) is 72.4 Å². The fourth-order valence-corrected chi connectivity index (χ4v) is 28.6. The number of amides is 3. The zero-order chi connectivity index (χ0) is 95.6. The lowest BCUT2D eigenvalue weighted by atomic mass is 9.55. The molecule has 21 rings (SSSR count). The number of aliphatic carboxylic acids is 1. The molecule has 32 heteroatoms. The Kier molecular flexibility index (Phi) is 30.8. The summed E-state index contributed by atoms with van der Waals surface area (Å²) in [6.07, 6.45) is 20.1. The van der Waals surface area contributed by atoms with Gasteiger partial charge in [0, 0.05) is 138 Å². The highest BCUT2D eigenvalue weighted by Gasteiger charge is 2.63. The number of cyclic esters (lactones) is 5. The Morgan fingerprint density at radius 2 is 0.852 bits per heavy atom. The lowest BCUT2D eigenvalue weighted by Gasteiger charge is -2.48. The Bertz CT molecular complexity index is 5070. The van der Waals surface area contributed by atoms with Crippen LogP contribution in [-0.2, 0) is 99.8 Å². The Morgan fingerprint density at radius 1 is 0.474 bits per heavy atom. The molecule has 0 unspecified atom stereocenters. The third-order valence-electron chi connectivity index (χ3n) is 33.9. The van der Waals surface area contributed by atoms with Gasteiger partial charge in [-0.3, -0.25) is 58.7 Å². The van der Waals surface area contributed by atoms with Gasteiger partial charge >= 0.3 is 60.1 Å². The van der Waals surface area contributed by atoms with E-state index in [0.29, 0.717) is 87.4 Å². The van der Waals surface area contributed by atoms with Gasteiger partial charge in [0.1, 0.15) is 48.7 Å². The molecule has 6 N–H and O–H groups in total. The van der Waals surface area contributed by atoms with Crippen LogP contribution >= 0.6 is 11.9 Å². The van der Waals surface area contributed by atoms with E-state index in [-0.39, 0.29) is 202 Å². The lowest BCUT2D eigenvalue weighted by molar-refractivity contribution is -0.524. The summed E-state index contributed by atoms with van der Waals surface area (Å²) in [6, 6.07) is 24.8. The number of nitrogens with one attached hydrogen (secondary N) is 3. The van der Waals surface area contributed by atoms with Gasteiger partial charge in [0.25, 0.3) is 0 Å². The van der Waals surface area contributed by atoms with Crippen LogP contribution in [0, 0.1) is 152 Å². The third kappa shape index (κ3) is 20.6. The molecule has 3 amide bonds. The number of carbonyl (C=O) groups excluding carboxylic acids is 10. The van der Waals surface area contributed by atoms with Gasteiger partial charge in [0.2, 0.25) is 6.04 Å². The first-order valence-corrected chi connectivity index (χ1v) is 50.1. The number of benzene rings is 3. The number of carboxylic acids is 1. The van der Waals surface area contributed by atoms with Crippen molar-refractivity contribution in [1.29, 1.82) is 0 Å². The second-order valence-electron chi connectivity index (χ2n) is 41.1. The zero-order valence-corrected chi connectivity index (χ0v) is 79.5. The summed E-state index contributed by atoms with van der Waals surface area (Å²) in [5.74, 6) is 0.770. The predicted octanol–water partition coefficient (Wildman–Crippen LogP) is 15.6. The van der Waals surface area contributed by atoms with Crippen molar-refractivity contribution >= 4 is 112 Å². The van der Waals surface area contributed by atoms with Crippen molar-refractivity contribution in [1.82, 2.24) is 16.0 Å². The molecule has 31 nitrogen and oxygen atoms in total. The molecule has 8 aliphatic heterocycles. The first kappa shape index (κ1) is 97.9. The number of para-hydroxylation sites is 3. The van der Waals surface area contributed by atoms with Crippen LogP contribution in [0.15, 0.2) is 99.4 Å². The second-order valence-corrected chi connectivity index (χ2v) is 41.3. The summed E-state index contributed by atoms with van der Waals surface area (Å²) in [7, 11) is 0. The van der Waals surface area contributed by atoms with E-state index in [1.54, 1.807) is 27.7 Å². The molecule has 0 aromatic heterocycles. The molecule has 3 aromatic carbocycles. The van der Waals surface area contributed by atoms with E-state index in [9.17, 15) is 68.0 Å². The van der Waals surface area contributed by atoms with Crippen LogP contribution < -0.4 is 21.7 Å². The molecule has 135 heavy (non-hydrogen) atoms. The molecule has 18 aliphatic rings. The van der Waals surface area contributed by atoms with E-state index in [1.165, 1.54) is 28.1 Å². The normalized spacial score (nSPS) is 38.2. The standard InChI is InChI=1S/C24H30N2O4.C21H22N2O4.C21H26N2O2.C17H25NO6.C17H25NO5.C3H5ClO2/c1-3-29-24(28)25-16-8-9-17-15(10-16)11-18-21(13(2)30-23(18)27)22(17)20-12-14-6-4-5-7-19(14)26-20;1-11-19-16(21(24)27-11)9-13-8-14(23(25)26)6-7-15(13)20(19)18-10-12-4-2-3-5-17(12)22-18;1-11-19-16(21(24)25-11)9-13-8-14(22)6-7-15(13)20(19)18-10-12-4-2-3-5-17(12)23-18;1-3-23-17(22)18-10-4-5-11-9(6-10)7-12-13(14(11)15(19)20)8(2)24-16(12)21;1-3-22-17(21)18-11-4-5-12-10(6-11)7-13-15(14(12)8-19)9(2)23-16(13)20;1-2-3(5)6-4/h4-7,13,15-18,21-22H,3,8-12H2,1-2H3,(H,25,28);2-5,9,11,14-16,19-20H,6-8,10H2,1H3;2-5,11,13-16,19-20H,6-10,22H2,1H3;8-14H,3-7H2,1-2H3,(H,18,22)(H,19,20);8-15H,3-7H2,1-2H3,(H,18,21);2H2,1H3/t13-,15+,16-,17-,18-,21-,22-;11-,14-,15-,16-,19-,20-;11-,13+,14-,15-,16-,19-,20-;8-,9+,10-,11-,12-,13-,14+;9-,10+,11-,12-,13-,14+,15-;/m11111./s1. The van der Waals surface area contributed by atoms with E-state index in [0.717, 1.165) is 150 Å². The van der Waals surface area contributed by atoms with Crippen molar-refractivity contribution < 1.29 is 105 Å². The van der Waals surface area contributed by atoms with Crippen molar-refractivity contribution in [3.8, 4) is 0 Å². The average molecular weight is 1890 g/mol. The summed E-state index contributed by atoms with van der Waals surface area (Å²) in [5, 5.41) is 29.9. The molecule has 5 saturated heterocycles. The van der Waals surface area contributed by atoms with Gasteiger partial charge in [-0.05, 0) is 253 Å². The average Bonchev–Trinajstić information content (AvgIpc) is 1.54. The minimum atomic E-state index is -0.832. The highest BCUT2D eigenvalue weighted by molar-refractivity contribution is 6.13. The number of nitrogens with two attached hydrogens (primary N) is 1. The Balaban J connectivity index is 0.000000121. The minimum Gasteiger partial charge on any atom is -0.481 e. The number of nitrogens with zero attached hydrogens (tertiary/aromatic N) is 4. The van der Waals surface area contributed by atoms with Crippen LogP contribution in [0.25, 0.3) is 0 Å². The van der Waals surface area contributed by atoms with Gasteiger partial charge in [-0.15, -0.1) is 0 Å². The van der Waals surface area contributed by atoms with Crippen molar-refractivity contribution in [2.45, 2.75) is 271 Å². The van der Waals surface area contributed by atoms with Crippen LogP contribution in [0.2, 0.25) is 0 Å². The quantitative estimate of drug-likeness (QED) is 0.0265. The molecule has 0 bridgehead atoms. The zero-order valence-electron chi connectivity index (χ0n) is 78.8. The summed E-state index contributed by atoms with van der Waals surface area (Å²) in [4.78, 5) is 156. The molecule has 34 atom stereocenters. The highest BCUT2D eigenvalue weighted by Crippen LogP contribution is 2.60. The number of carboxylic acid groups (broad SMARTS) is 1. The number of hydrogen-bond acceptors (Lipinski definition) is 26. The van der Waals surface area contributed by atoms with Gasteiger partial charge < -0.3 is 73.8 Å². The first-order valence-electron chi connectivity index (χ1n) is 49.8. The van der Waals surface area contributed by atoms with E-state index < -0.39 is 30.0 Å². The van der Waals surface area contributed by atoms with Crippen LogP contribution in [0.1, 0.15) is 207 Å². The van der Waals surface area contributed by atoms with Gasteiger partial charge in [-0.2, -0.15) is 0 Å². The molecule has 10 aliphatic carbocycles. The van der Waals surface area contributed by atoms with E-state index in [1.807, 2.05) is 58.0 Å². The highest BCUT2D eigenvalue weighted by atomic mass is 35.5. The number of aliphatic imine (C=N–C) groups is 3. The summed E-state index contributed by atoms with van der Waals surface area (Å²) < 4.78 is 46.4. The van der Waals surface area contributed by atoms with E-state index >= 15 is 0 Å². The molecule has 3 aromatic rings. The molecule has 8 heterocycles. The molecule has 0 spiro atoms. The van der Waals surface area contributed by atoms with Crippen LogP contribution in [0.4, 0.5) is 31.4 Å². The van der Waals surface area contributed by atoms with Crippen molar-refractivity contribution in [2.75, 3.05) is 19.8 Å². The Labute approximate surface area is 793 Å². The van der Waals surface area contributed by atoms with Gasteiger partial charge in [0.15, 0.2) is 0 Å². The number of esters is 5. The second kappa shape index (κ2) is 42.4. The number of halogens is 1. The van der Waals surface area contributed by atoms with Gasteiger partial charge in [-0.25, -0.2) is 14.4 Å². The van der Waals surface area contributed by atoms with Crippen molar-refractivity contribution in [2.24, 2.45) is 163 Å². The molecular weight excluding hydrogens is 1750 g/mol. The largest absolute Gasteiger partial charge is 0.481 e. The molecular formula is C103H133ClN8O23. The number of nitro groups is 1. The third-order valence-corrected chi connectivity index (χ3v) is 34.1.